The molecule has 0 aliphatic rings. The van der Waals surface area contributed by atoms with Crippen LogP contribution in [0.15, 0.2) is 0 Å². The molecule has 0 saturated heterocycles. The first-order valence-corrected chi connectivity index (χ1v) is 11.0. The van der Waals surface area contributed by atoms with Crippen LogP contribution in [0.4, 0.5) is 0 Å². The van der Waals surface area contributed by atoms with E-state index in [4.69, 9.17) is 5.11 Å². The van der Waals surface area contributed by atoms with Crippen LogP contribution >= 0.6 is 0 Å². The van der Waals surface area contributed by atoms with E-state index in [0.717, 1.165) is 12.8 Å². The summed E-state index contributed by atoms with van der Waals surface area (Å²) < 4.78 is 0. The van der Waals surface area contributed by atoms with Crippen molar-refractivity contribution in [2.24, 2.45) is 0 Å². The SMILES string of the molecule is CCCCCCCCCCCCCCCCCCCCCC(=O)O.[Cu]. The molecule has 1 N–H and O–H groups in total. The molecule has 0 saturated carbocycles. The third-order valence-corrected chi connectivity index (χ3v) is 4.99. The molecule has 0 fully saturated rings. The van der Waals surface area contributed by atoms with Crippen molar-refractivity contribution in [2.45, 2.75) is 135 Å². The number of carboxylic acid groups (broad SMARTS) is 1. The molecule has 0 aliphatic heterocycles. The number of hydrogen-bond donors (Lipinski definition) is 1. The second-order valence-corrected chi connectivity index (χ2v) is 7.51. The zero-order valence-corrected chi connectivity index (χ0v) is 17.7. The Hall–Kier alpha value is -0.0105. The van der Waals surface area contributed by atoms with Crippen molar-refractivity contribution < 1.29 is 27.0 Å². The Bertz CT molecular complexity index is 256. The van der Waals surface area contributed by atoms with Gasteiger partial charge < -0.3 is 5.11 Å². The average Bonchev–Trinajstić information content (AvgIpc) is 2.56. The average molecular weight is 404 g/mol. The second-order valence-electron chi connectivity index (χ2n) is 7.51. The molecule has 0 spiro atoms. The van der Waals surface area contributed by atoms with Gasteiger partial charge in [-0.3, -0.25) is 4.79 Å². The van der Waals surface area contributed by atoms with Gasteiger partial charge in [0.25, 0.3) is 0 Å². The Morgan fingerprint density at radius 1 is 0.520 bits per heavy atom. The number of carboxylic acids is 1. The first-order chi connectivity index (χ1) is 11.8. The quantitative estimate of drug-likeness (QED) is 0.166. The summed E-state index contributed by atoms with van der Waals surface area (Å²) in [5.74, 6) is -0.651. The zero-order valence-electron chi connectivity index (χ0n) is 16.8. The smallest absolute Gasteiger partial charge is 0.303 e. The van der Waals surface area contributed by atoms with Crippen LogP contribution in [0, 0.1) is 0 Å². The number of hydrogen-bond acceptors (Lipinski definition) is 1. The molecular weight excluding hydrogens is 360 g/mol. The van der Waals surface area contributed by atoms with Gasteiger partial charge in [-0.25, -0.2) is 0 Å². The summed E-state index contributed by atoms with van der Waals surface area (Å²) in [6, 6.07) is 0. The van der Waals surface area contributed by atoms with Gasteiger partial charge in [0.1, 0.15) is 0 Å². The maximum atomic E-state index is 10.4. The van der Waals surface area contributed by atoms with Crippen LogP contribution in [0.2, 0.25) is 0 Å². The van der Waals surface area contributed by atoms with Crippen molar-refractivity contribution in [3.05, 3.63) is 0 Å². The summed E-state index contributed by atoms with van der Waals surface area (Å²) in [7, 11) is 0. The van der Waals surface area contributed by atoms with Gasteiger partial charge in [0.2, 0.25) is 0 Å². The summed E-state index contributed by atoms with van der Waals surface area (Å²) in [6.45, 7) is 2.28. The third-order valence-electron chi connectivity index (χ3n) is 4.99. The molecule has 0 aromatic heterocycles. The van der Waals surface area contributed by atoms with E-state index in [2.05, 4.69) is 6.92 Å². The topological polar surface area (TPSA) is 37.3 Å². The van der Waals surface area contributed by atoms with Gasteiger partial charge in [0.05, 0.1) is 0 Å². The number of aliphatic carboxylic acids is 1. The van der Waals surface area contributed by atoms with Crippen LogP contribution in [-0.2, 0) is 21.9 Å². The molecule has 0 aromatic carbocycles. The molecule has 2 nitrogen and oxygen atoms in total. The minimum Gasteiger partial charge on any atom is -0.481 e. The third kappa shape index (κ3) is 26.3. The number of carbonyl (C=O) groups is 1. The van der Waals surface area contributed by atoms with Crippen molar-refractivity contribution >= 4 is 5.97 Å². The maximum absolute atomic E-state index is 10.4. The van der Waals surface area contributed by atoms with Crippen LogP contribution in [0.1, 0.15) is 135 Å². The van der Waals surface area contributed by atoms with E-state index in [9.17, 15) is 4.79 Å². The minimum atomic E-state index is -0.651. The van der Waals surface area contributed by atoms with Crippen LogP contribution in [-0.4, -0.2) is 11.1 Å². The Morgan fingerprint density at radius 3 is 1.00 bits per heavy atom. The number of rotatable bonds is 20. The minimum absolute atomic E-state index is 0. The fourth-order valence-corrected chi connectivity index (χ4v) is 3.35. The fraction of sp³-hybridized carbons (Fsp3) is 0.955. The van der Waals surface area contributed by atoms with E-state index in [0.29, 0.717) is 6.42 Å². The fourth-order valence-electron chi connectivity index (χ4n) is 3.35. The van der Waals surface area contributed by atoms with Crippen molar-refractivity contribution in [3.8, 4) is 0 Å². The molecule has 3 heteroatoms. The Balaban J connectivity index is 0. The summed E-state index contributed by atoms with van der Waals surface area (Å²) in [4.78, 5) is 10.4. The normalized spacial score (nSPS) is 10.6. The number of unbranched alkanes of at least 4 members (excludes halogenated alkanes) is 18. The van der Waals surface area contributed by atoms with E-state index >= 15 is 0 Å². The summed E-state index contributed by atoms with van der Waals surface area (Å²) >= 11 is 0. The van der Waals surface area contributed by atoms with Crippen LogP contribution in [0.25, 0.3) is 0 Å². The summed E-state index contributed by atoms with van der Waals surface area (Å²) in [5.41, 5.74) is 0. The maximum Gasteiger partial charge on any atom is 0.303 e. The van der Waals surface area contributed by atoms with Crippen molar-refractivity contribution in [3.63, 3.8) is 0 Å². The van der Waals surface area contributed by atoms with Crippen molar-refractivity contribution in [2.75, 3.05) is 0 Å². The Kier molecular flexibility index (Phi) is 26.1. The Morgan fingerprint density at radius 2 is 0.760 bits per heavy atom. The predicted molar refractivity (Wildman–Crippen MR) is 106 cm³/mol. The van der Waals surface area contributed by atoms with E-state index in [1.165, 1.54) is 109 Å². The van der Waals surface area contributed by atoms with Gasteiger partial charge in [-0.15, -0.1) is 0 Å². The summed E-state index contributed by atoms with van der Waals surface area (Å²) in [6.07, 6.45) is 26.1. The molecule has 0 heterocycles. The molecule has 0 aromatic rings. The van der Waals surface area contributed by atoms with Crippen molar-refractivity contribution in [1.82, 2.24) is 0 Å². The second kappa shape index (κ2) is 24.0. The molecular formula is C22H44CuO2. The van der Waals surface area contributed by atoms with E-state index in [1.807, 2.05) is 0 Å². The van der Waals surface area contributed by atoms with Gasteiger partial charge in [0.15, 0.2) is 0 Å². The molecule has 25 heavy (non-hydrogen) atoms. The van der Waals surface area contributed by atoms with Gasteiger partial charge in [-0.1, -0.05) is 122 Å². The van der Waals surface area contributed by atoms with Crippen LogP contribution in [0.3, 0.4) is 0 Å². The van der Waals surface area contributed by atoms with Crippen molar-refractivity contribution in [1.29, 1.82) is 0 Å². The molecule has 0 rings (SSSR count). The van der Waals surface area contributed by atoms with Gasteiger partial charge in [-0.05, 0) is 6.42 Å². The van der Waals surface area contributed by atoms with Gasteiger partial charge in [0, 0.05) is 23.5 Å². The Labute approximate surface area is 168 Å². The molecule has 155 valence electrons. The molecule has 0 aliphatic carbocycles. The standard InChI is InChI=1S/C22H44O2.Cu/c1-2-3-4-5-6-7-8-9-10-11-12-13-14-15-16-17-18-19-20-21-22(23)24;/h2-21H2,1H3,(H,23,24);. The first kappa shape index (κ1) is 27.2. The predicted octanol–water partition coefficient (Wildman–Crippen LogP) is 7.89. The summed E-state index contributed by atoms with van der Waals surface area (Å²) in [5, 5.41) is 8.56. The van der Waals surface area contributed by atoms with Gasteiger partial charge >= 0.3 is 5.97 Å². The van der Waals surface area contributed by atoms with E-state index in [-0.39, 0.29) is 17.1 Å². The largest absolute Gasteiger partial charge is 0.481 e. The first-order valence-electron chi connectivity index (χ1n) is 11.0. The van der Waals surface area contributed by atoms with Crippen LogP contribution < -0.4 is 0 Å². The molecule has 0 amide bonds. The molecule has 0 atom stereocenters. The molecule has 0 bridgehead atoms. The van der Waals surface area contributed by atoms with E-state index < -0.39 is 5.97 Å². The van der Waals surface area contributed by atoms with E-state index in [1.54, 1.807) is 0 Å². The van der Waals surface area contributed by atoms with Crippen LogP contribution in [0.5, 0.6) is 0 Å². The van der Waals surface area contributed by atoms with Gasteiger partial charge in [-0.2, -0.15) is 0 Å². The molecule has 0 unspecified atom stereocenters. The monoisotopic (exact) mass is 403 g/mol. The molecule has 1 radical (unpaired) electrons. The zero-order chi connectivity index (χ0) is 17.7.